The molecule has 0 fully saturated rings. The Kier molecular flexibility index (Phi) is 8.15. The molecule has 3 atom stereocenters. The second-order valence-corrected chi connectivity index (χ2v) is 9.32. The summed E-state index contributed by atoms with van der Waals surface area (Å²) in [5.74, 6) is -0.795. The quantitative estimate of drug-likeness (QED) is 0.316. The molecule has 0 aliphatic carbocycles. The fourth-order valence-corrected chi connectivity index (χ4v) is 4.31. The highest BCUT2D eigenvalue weighted by Crippen LogP contribution is 2.47. The van der Waals surface area contributed by atoms with Crippen LogP contribution >= 0.6 is 11.6 Å². The maximum absolute atomic E-state index is 14.1. The molecule has 0 saturated heterocycles. The van der Waals surface area contributed by atoms with Crippen molar-refractivity contribution < 1.29 is 44.4 Å². The van der Waals surface area contributed by atoms with Gasteiger partial charge >= 0.3 is 16.8 Å². The number of allylic oxidation sites excluding steroid dienone is 2. The molecule has 32 heavy (non-hydrogen) atoms. The zero-order chi connectivity index (χ0) is 24.5. The van der Waals surface area contributed by atoms with Crippen molar-refractivity contribution >= 4 is 22.6 Å². The van der Waals surface area contributed by atoms with Crippen molar-refractivity contribution in [1.29, 1.82) is 0 Å². The van der Waals surface area contributed by atoms with Gasteiger partial charge in [-0.15, -0.1) is 0 Å². The molecule has 0 radical (unpaired) electrons. The first-order valence-corrected chi connectivity index (χ1v) is 10.8. The second kappa shape index (κ2) is 9.76. The molecule has 4 nitrogen and oxygen atoms in total. The minimum absolute atomic E-state index is 0.193. The van der Waals surface area contributed by atoms with Crippen LogP contribution < -0.4 is 4.74 Å². The van der Waals surface area contributed by atoms with Crippen LogP contribution in [0.15, 0.2) is 36.0 Å². The number of ether oxygens (including phenoxy) is 2. The van der Waals surface area contributed by atoms with E-state index in [9.17, 15) is 34.9 Å². The van der Waals surface area contributed by atoms with Gasteiger partial charge in [0, 0.05) is 12.3 Å². The van der Waals surface area contributed by atoms with Gasteiger partial charge in [-0.3, -0.25) is 4.31 Å². The predicted octanol–water partition coefficient (Wildman–Crippen LogP) is 6.02. The largest absolute Gasteiger partial charge is 0.497 e. The Morgan fingerprint density at radius 3 is 2.12 bits per heavy atom. The molecule has 1 aliphatic heterocycles. The summed E-state index contributed by atoms with van der Waals surface area (Å²) in [4.78, 5) is 0. The first kappa shape index (κ1) is 26.7. The molecule has 2 rings (SSSR count). The summed E-state index contributed by atoms with van der Waals surface area (Å²) in [6.45, 7) is 3.10. The molecule has 1 heterocycles. The Labute approximate surface area is 187 Å². The summed E-state index contributed by atoms with van der Waals surface area (Å²) in [5, 5.41) is -10.9. The summed E-state index contributed by atoms with van der Waals surface area (Å²) in [6, 6.07) is 5.93. The Balaban J connectivity index is 2.59. The third-order valence-electron chi connectivity index (χ3n) is 4.50. The fourth-order valence-electron chi connectivity index (χ4n) is 2.96. The number of hydrogen-bond donors (Lipinski definition) is 0. The molecule has 0 unspecified atom stereocenters. The SMILES string of the molecule is COc1ccc([C@H]2C=C(C(F)(F)F)N([S@@](=O)C(F)(F)C(F)(F)Cl)[C@@H](OCC(C)C)C2)cc1. The highest BCUT2D eigenvalue weighted by atomic mass is 35.5. The summed E-state index contributed by atoms with van der Waals surface area (Å²) in [7, 11) is -2.80. The summed E-state index contributed by atoms with van der Waals surface area (Å²) < 4.78 is 118. The monoisotopic (exact) mass is 511 g/mol. The smallest absolute Gasteiger partial charge is 0.431 e. The molecule has 0 bridgehead atoms. The molecule has 1 aromatic carbocycles. The van der Waals surface area contributed by atoms with Crippen LogP contribution in [0.4, 0.5) is 30.7 Å². The van der Waals surface area contributed by atoms with Crippen molar-refractivity contribution in [2.45, 2.75) is 49.2 Å². The molecule has 0 spiro atoms. The van der Waals surface area contributed by atoms with E-state index < -0.39 is 45.6 Å². The van der Waals surface area contributed by atoms with E-state index in [0.717, 1.165) is 0 Å². The minimum atomic E-state index is -5.49. The van der Waals surface area contributed by atoms with Gasteiger partial charge in [0.1, 0.15) is 17.7 Å². The summed E-state index contributed by atoms with van der Waals surface area (Å²) >= 11 is 4.37. The lowest BCUT2D eigenvalue weighted by Gasteiger charge is -2.41. The molecular formula is C19H21ClF7NO3S. The third-order valence-corrected chi connectivity index (χ3v) is 6.33. The lowest BCUT2D eigenvalue weighted by molar-refractivity contribution is -0.133. The molecule has 0 amide bonds. The van der Waals surface area contributed by atoms with Crippen LogP contribution in [0.5, 0.6) is 5.75 Å². The van der Waals surface area contributed by atoms with Crippen molar-refractivity contribution in [3.63, 3.8) is 0 Å². The number of rotatable bonds is 8. The van der Waals surface area contributed by atoms with Crippen LogP contribution in [0, 0.1) is 5.92 Å². The number of alkyl halides is 8. The fraction of sp³-hybridized carbons (Fsp3) is 0.579. The molecule has 1 aliphatic rings. The first-order valence-electron chi connectivity index (χ1n) is 9.30. The minimum Gasteiger partial charge on any atom is -0.497 e. The number of halogens is 8. The average Bonchev–Trinajstić information content (AvgIpc) is 2.69. The van der Waals surface area contributed by atoms with Crippen molar-refractivity contribution in [2.24, 2.45) is 5.92 Å². The van der Waals surface area contributed by atoms with Crippen LogP contribution in [0.1, 0.15) is 31.7 Å². The Hall–Kier alpha value is -1.53. The molecular weight excluding hydrogens is 491 g/mol. The number of nitrogens with zero attached hydrogens (tertiary/aromatic N) is 1. The van der Waals surface area contributed by atoms with Gasteiger partial charge in [-0.2, -0.15) is 30.7 Å². The van der Waals surface area contributed by atoms with E-state index in [2.05, 4.69) is 11.6 Å². The van der Waals surface area contributed by atoms with E-state index in [0.29, 0.717) is 17.4 Å². The van der Waals surface area contributed by atoms with Gasteiger partial charge in [-0.05, 0) is 41.3 Å². The maximum atomic E-state index is 14.1. The Bertz CT molecular complexity index is 841. The van der Waals surface area contributed by atoms with Crippen LogP contribution in [0.25, 0.3) is 0 Å². The highest BCUT2D eigenvalue weighted by Gasteiger charge is 2.64. The van der Waals surface area contributed by atoms with Gasteiger partial charge in [-0.1, -0.05) is 26.0 Å². The van der Waals surface area contributed by atoms with E-state index in [1.807, 2.05) is 0 Å². The van der Waals surface area contributed by atoms with Crippen molar-refractivity contribution in [3.8, 4) is 5.75 Å². The van der Waals surface area contributed by atoms with E-state index in [4.69, 9.17) is 9.47 Å². The Morgan fingerprint density at radius 1 is 1.12 bits per heavy atom. The van der Waals surface area contributed by atoms with Crippen LogP contribution in [0.3, 0.4) is 0 Å². The molecule has 0 aromatic heterocycles. The summed E-state index contributed by atoms with van der Waals surface area (Å²) in [6.07, 6.45) is -6.92. The maximum Gasteiger partial charge on any atom is 0.431 e. The van der Waals surface area contributed by atoms with Crippen molar-refractivity contribution in [2.75, 3.05) is 13.7 Å². The predicted molar refractivity (Wildman–Crippen MR) is 105 cm³/mol. The lowest BCUT2D eigenvalue weighted by Crippen LogP contribution is -2.54. The van der Waals surface area contributed by atoms with Crippen molar-refractivity contribution in [3.05, 3.63) is 41.6 Å². The van der Waals surface area contributed by atoms with Crippen LogP contribution in [-0.4, -0.2) is 45.3 Å². The zero-order valence-corrected chi connectivity index (χ0v) is 18.7. The van der Waals surface area contributed by atoms with Crippen LogP contribution in [-0.2, 0) is 15.7 Å². The van der Waals surface area contributed by atoms with E-state index in [1.165, 1.54) is 31.4 Å². The lowest BCUT2D eigenvalue weighted by atomic mass is 9.91. The first-order chi connectivity index (χ1) is 14.6. The van der Waals surface area contributed by atoms with Gasteiger partial charge in [0.2, 0.25) is 11.0 Å². The molecule has 13 heteroatoms. The van der Waals surface area contributed by atoms with Gasteiger partial charge in [0.15, 0.2) is 0 Å². The molecule has 0 N–H and O–H groups in total. The second-order valence-electron chi connectivity index (χ2n) is 7.44. The highest BCUT2D eigenvalue weighted by molar-refractivity contribution is 7.84. The normalized spacial score (nSPS) is 21.5. The zero-order valence-electron chi connectivity index (χ0n) is 17.1. The van der Waals surface area contributed by atoms with Crippen LogP contribution in [0.2, 0.25) is 0 Å². The number of methoxy groups -OCH3 is 1. The van der Waals surface area contributed by atoms with Crippen molar-refractivity contribution in [1.82, 2.24) is 4.31 Å². The van der Waals surface area contributed by atoms with E-state index in [1.54, 1.807) is 13.8 Å². The molecule has 182 valence electrons. The Morgan fingerprint density at radius 2 is 1.69 bits per heavy atom. The van der Waals surface area contributed by atoms with Gasteiger partial charge in [-0.25, -0.2) is 4.21 Å². The average molecular weight is 512 g/mol. The van der Waals surface area contributed by atoms with Gasteiger partial charge < -0.3 is 9.47 Å². The molecule has 1 aromatic rings. The molecule has 0 saturated carbocycles. The number of hydrogen-bond acceptors (Lipinski definition) is 3. The van der Waals surface area contributed by atoms with Gasteiger partial charge in [0.25, 0.3) is 0 Å². The standard InChI is InChI=1S/C19H21ClF7NO3S/c1-11(2)10-31-16-9-13(12-4-6-14(30-3)7-5-12)8-15(17(21,22)23)28(16)32(29)19(26,27)18(20,24)25/h4-8,11,13,16H,9-10H2,1-3H3/t13-,16-,32-/m0/s1. The van der Waals surface area contributed by atoms with Gasteiger partial charge in [0.05, 0.1) is 13.7 Å². The van der Waals surface area contributed by atoms with E-state index >= 15 is 0 Å². The summed E-state index contributed by atoms with van der Waals surface area (Å²) in [5.41, 5.74) is -1.41. The number of benzene rings is 1. The topological polar surface area (TPSA) is 38.8 Å². The third kappa shape index (κ3) is 5.88. The van der Waals surface area contributed by atoms with E-state index in [-0.39, 0.29) is 23.3 Å².